The summed E-state index contributed by atoms with van der Waals surface area (Å²) >= 11 is 0. The smallest absolute Gasteiger partial charge is 0.471 e. The number of carbonyl (C=O) groups excluding carboxylic acids is 1. The van der Waals surface area contributed by atoms with E-state index in [0.29, 0.717) is 12.2 Å². The van der Waals surface area contributed by atoms with Crippen LogP contribution >= 0.6 is 0 Å². The number of unbranched alkanes of at least 4 members (excludes halogenated alkanes) is 1. The molecule has 4 nitrogen and oxygen atoms in total. The van der Waals surface area contributed by atoms with Crippen LogP contribution in [0.5, 0.6) is 5.75 Å². The van der Waals surface area contributed by atoms with Crippen LogP contribution in [0, 0.1) is 0 Å². The third-order valence-electron chi connectivity index (χ3n) is 4.19. The number of hydrogen-bond donors (Lipinski definition) is 1. The summed E-state index contributed by atoms with van der Waals surface area (Å²) in [5, 5.41) is 1.92. The van der Waals surface area contributed by atoms with E-state index in [4.69, 9.17) is 4.74 Å². The second-order valence-electron chi connectivity index (χ2n) is 6.23. The molecule has 1 fully saturated rings. The van der Waals surface area contributed by atoms with Gasteiger partial charge in [0.1, 0.15) is 5.75 Å². The Balaban J connectivity index is 2.12. The molecule has 1 saturated heterocycles. The van der Waals surface area contributed by atoms with Crippen molar-refractivity contribution in [2.45, 2.75) is 51.7 Å². The van der Waals surface area contributed by atoms with Gasteiger partial charge in [-0.1, -0.05) is 19.4 Å². The van der Waals surface area contributed by atoms with Crippen LogP contribution in [-0.4, -0.2) is 31.8 Å². The number of nitrogens with one attached hydrogen (secondary N) is 1. The first-order valence-corrected chi connectivity index (χ1v) is 8.77. The van der Waals surface area contributed by atoms with Crippen molar-refractivity contribution in [1.82, 2.24) is 5.32 Å². The molecule has 1 N–H and O–H groups in total. The standard InChI is InChI=1S/C18H25F3N2O2/c1-2-3-11-25-16-8-7-14(13-22-17(24)18(19,20)21)12-15(16)23-9-5-4-6-10-23/h7-8,12H,2-6,9-11,13H2,1H3,(H,22,24). The Kier molecular flexibility index (Phi) is 6.96. The van der Waals surface area contributed by atoms with E-state index in [1.807, 2.05) is 11.4 Å². The zero-order chi connectivity index (χ0) is 18.3. The monoisotopic (exact) mass is 358 g/mol. The topological polar surface area (TPSA) is 41.6 Å². The van der Waals surface area contributed by atoms with Crippen molar-refractivity contribution in [1.29, 1.82) is 0 Å². The molecule has 0 aromatic heterocycles. The number of hydrogen-bond acceptors (Lipinski definition) is 3. The molecule has 1 aromatic carbocycles. The highest BCUT2D eigenvalue weighted by molar-refractivity contribution is 5.81. The maximum atomic E-state index is 12.3. The molecule has 0 bridgehead atoms. The molecule has 0 spiro atoms. The summed E-state index contributed by atoms with van der Waals surface area (Å²) in [4.78, 5) is 13.2. The fourth-order valence-corrected chi connectivity index (χ4v) is 2.79. The van der Waals surface area contributed by atoms with E-state index >= 15 is 0 Å². The molecule has 1 heterocycles. The first kappa shape index (κ1) is 19.4. The van der Waals surface area contributed by atoms with Crippen LogP contribution < -0.4 is 15.0 Å². The molecule has 0 aliphatic carbocycles. The molecule has 140 valence electrons. The molecule has 0 atom stereocenters. The Morgan fingerprint density at radius 2 is 1.96 bits per heavy atom. The van der Waals surface area contributed by atoms with Gasteiger partial charge in [0, 0.05) is 19.6 Å². The number of anilines is 1. The van der Waals surface area contributed by atoms with Crippen molar-refractivity contribution >= 4 is 11.6 Å². The summed E-state index contributed by atoms with van der Waals surface area (Å²) in [6.45, 7) is 4.35. The molecule has 7 heteroatoms. The average Bonchev–Trinajstić information content (AvgIpc) is 2.60. The van der Waals surface area contributed by atoms with Gasteiger partial charge in [-0.15, -0.1) is 0 Å². The molecular formula is C18H25F3N2O2. The van der Waals surface area contributed by atoms with Crippen LogP contribution in [0.4, 0.5) is 18.9 Å². The van der Waals surface area contributed by atoms with Gasteiger partial charge in [0.15, 0.2) is 0 Å². The van der Waals surface area contributed by atoms with E-state index in [1.54, 1.807) is 12.1 Å². The summed E-state index contributed by atoms with van der Waals surface area (Å²) in [6, 6.07) is 5.31. The molecule has 1 amide bonds. The third-order valence-corrected chi connectivity index (χ3v) is 4.19. The van der Waals surface area contributed by atoms with Crippen LogP contribution in [0.1, 0.15) is 44.6 Å². The van der Waals surface area contributed by atoms with Crippen molar-refractivity contribution in [2.24, 2.45) is 0 Å². The first-order chi connectivity index (χ1) is 11.9. The Hall–Kier alpha value is -1.92. The summed E-state index contributed by atoms with van der Waals surface area (Å²) in [5.41, 5.74) is 1.52. The zero-order valence-corrected chi connectivity index (χ0v) is 14.5. The summed E-state index contributed by atoms with van der Waals surface area (Å²) in [5.74, 6) is -1.17. The SMILES string of the molecule is CCCCOc1ccc(CNC(=O)C(F)(F)F)cc1N1CCCCC1. The maximum absolute atomic E-state index is 12.3. The van der Waals surface area contributed by atoms with Crippen molar-refractivity contribution in [2.75, 3.05) is 24.6 Å². The van der Waals surface area contributed by atoms with Gasteiger partial charge >= 0.3 is 12.1 Å². The number of amides is 1. The Bertz CT molecular complexity index is 570. The molecule has 0 unspecified atom stereocenters. The van der Waals surface area contributed by atoms with Gasteiger partial charge < -0.3 is 15.0 Å². The fraction of sp³-hybridized carbons (Fsp3) is 0.611. The second-order valence-corrected chi connectivity index (χ2v) is 6.23. The Labute approximate surface area is 146 Å². The summed E-state index contributed by atoms with van der Waals surface area (Å²) in [7, 11) is 0. The van der Waals surface area contributed by atoms with Crippen LogP contribution in [-0.2, 0) is 11.3 Å². The average molecular weight is 358 g/mol. The number of nitrogens with zero attached hydrogens (tertiary/aromatic N) is 1. The highest BCUT2D eigenvalue weighted by Crippen LogP contribution is 2.32. The first-order valence-electron chi connectivity index (χ1n) is 8.77. The van der Waals surface area contributed by atoms with Crippen LogP contribution in [0.15, 0.2) is 18.2 Å². The molecule has 1 aromatic rings. The Morgan fingerprint density at radius 3 is 2.60 bits per heavy atom. The second kappa shape index (κ2) is 8.97. The van der Waals surface area contributed by atoms with Gasteiger partial charge in [0.05, 0.1) is 12.3 Å². The molecule has 2 rings (SSSR count). The molecule has 0 radical (unpaired) electrons. The van der Waals surface area contributed by atoms with E-state index in [2.05, 4.69) is 11.8 Å². The number of halogens is 3. The maximum Gasteiger partial charge on any atom is 0.471 e. The lowest BCUT2D eigenvalue weighted by atomic mass is 10.1. The fourth-order valence-electron chi connectivity index (χ4n) is 2.79. The minimum atomic E-state index is -4.86. The summed E-state index contributed by atoms with van der Waals surface area (Å²) in [6.07, 6.45) is 0.471. The quantitative estimate of drug-likeness (QED) is 0.748. The van der Waals surface area contributed by atoms with Crippen LogP contribution in [0.25, 0.3) is 0 Å². The highest BCUT2D eigenvalue weighted by atomic mass is 19.4. The number of ether oxygens (including phenoxy) is 1. The lowest BCUT2D eigenvalue weighted by molar-refractivity contribution is -0.173. The number of benzene rings is 1. The molecule has 1 aliphatic heterocycles. The van der Waals surface area contributed by atoms with Gasteiger partial charge in [0.2, 0.25) is 0 Å². The van der Waals surface area contributed by atoms with Crippen molar-refractivity contribution < 1.29 is 22.7 Å². The van der Waals surface area contributed by atoms with E-state index in [9.17, 15) is 18.0 Å². The molecule has 25 heavy (non-hydrogen) atoms. The number of piperidine rings is 1. The van der Waals surface area contributed by atoms with Crippen LogP contribution in [0.2, 0.25) is 0 Å². The predicted octanol–water partition coefficient (Wildman–Crippen LogP) is 4.03. The minimum Gasteiger partial charge on any atom is -0.491 e. The van der Waals surface area contributed by atoms with Gasteiger partial charge in [-0.05, 0) is 43.4 Å². The number of carbonyl (C=O) groups is 1. The van der Waals surface area contributed by atoms with Gasteiger partial charge in [0.25, 0.3) is 0 Å². The lowest BCUT2D eigenvalue weighted by Gasteiger charge is -2.30. The summed E-state index contributed by atoms with van der Waals surface area (Å²) < 4.78 is 42.8. The zero-order valence-electron chi connectivity index (χ0n) is 14.5. The minimum absolute atomic E-state index is 0.158. The van der Waals surface area contributed by atoms with Crippen LogP contribution in [0.3, 0.4) is 0 Å². The number of rotatable bonds is 7. The highest BCUT2D eigenvalue weighted by Gasteiger charge is 2.38. The van der Waals surface area contributed by atoms with E-state index in [0.717, 1.165) is 50.2 Å². The van der Waals surface area contributed by atoms with E-state index in [-0.39, 0.29) is 6.54 Å². The molecular weight excluding hydrogens is 333 g/mol. The van der Waals surface area contributed by atoms with Gasteiger partial charge in [-0.25, -0.2) is 0 Å². The molecule has 1 aliphatic rings. The van der Waals surface area contributed by atoms with E-state index < -0.39 is 12.1 Å². The number of alkyl halides is 3. The lowest BCUT2D eigenvalue weighted by Crippen LogP contribution is -2.36. The Morgan fingerprint density at radius 1 is 1.24 bits per heavy atom. The molecule has 0 saturated carbocycles. The predicted molar refractivity (Wildman–Crippen MR) is 90.8 cm³/mol. The van der Waals surface area contributed by atoms with Crippen molar-refractivity contribution in [3.8, 4) is 5.75 Å². The largest absolute Gasteiger partial charge is 0.491 e. The third kappa shape index (κ3) is 5.83. The van der Waals surface area contributed by atoms with Gasteiger partial charge in [-0.2, -0.15) is 13.2 Å². The normalized spacial score (nSPS) is 15.1. The van der Waals surface area contributed by atoms with E-state index in [1.165, 1.54) is 6.42 Å². The van der Waals surface area contributed by atoms with Crippen molar-refractivity contribution in [3.63, 3.8) is 0 Å². The van der Waals surface area contributed by atoms with Crippen molar-refractivity contribution in [3.05, 3.63) is 23.8 Å². The van der Waals surface area contributed by atoms with Gasteiger partial charge in [-0.3, -0.25) is 4.79 Å².